The molecule has 240 valence electrons. The van der Waals surface area contributed by atoms with Crippen molar-refractivity contribution in [1.29, 1.82) is 5.26 Å². The van der Waals surface area contributed by atoms with Crippen LogP contribution in [0, 0.1) is 39.9 Å². The standard InChI is InChI=1S/C25H35F3N6O8S/c1-23(2,3)17(32-21(37)25(26,27)28)20(36)34-11-14-15(24(14,4)5)16(34)18(35)31-13(10-29)9-12-7-8-30-19(12)42-43(39,40)33-22(38)41-6/h12-17H,7-9,11H2,1-6H3,(H,31,35)(H,32,37)(H,33,38)/t12-,13-,14-,15-,16-,17+/m0/s1. The van der Waals surface area contributed by atoms with E-state index in [1.54, 1.807) is 5.32 Å². The van der Waals surface area contributed by atoms with Gasteiger partial charge in [0.1, 0.15) is 18.1 Å². The Morgan fingerprint density at radius 2 is 1.81 bits per heavy atom. The lowest BCUT2D eigenvalue weighted by atomic mass is 9.85. The number of nitriles is 1. The monoisotopic (exact) mass is 636 g/mol. The number of nitrogens with zero attached hydrogens (tertiary/aromatic N) is 3. The number of halogens is 3. The predicted octanol–water partition coefficient (Wildman–Crippen LogP) is 0.997. The maximum absolute atomic E-state index is 13.6. The van der Waals surface area contributed by atoms with Crippen molar-refractivity contribution >= 4 is 40.0 Å². The van der Waals surface area contributed by atoms with Crippen LogP contribution in [0.3, 0.4) is 0 Å². The highest BCUT2D eigenvalue weighted by molar-refractivity contribution is 7.85. The van der Waals surface area contributed by atoms with Crippen molar-refractivity contribution in [2.75, 3.05) is 20.2 Å². The summed E-state index contributed by atoms with van der Waals surface area (Å²) in [5.41, 5.74) is -1.51. The zero-order valence-corrected chi connectivity index (χ0v) is 25.3. The third kappa shape index (κ3) is 7.48. The van der Waals surface area contributed by atoms with E-state index in [0.717, 1.165) is 12.0 Å². The topological polar surface area (TPSA) is 196 Å². The van der Waals surface area contributed by atoms with E-state index in [1.165, 1.54) is 25.5 Å². The van der Waals surface area contributed by atoms with Gasteiger partial charge in [-0.3, -0.25) is 19.4 Å². The number of ether oxygens (including phenoxy) is 1. The fourth-order valence-electron chi connectivity index (χ4n) is 5.70. The number of likely N-dealkylation sites (tertiary alicyclic amines) is 1. The Balaban J connectivity index is 1.77. The van der Waals surface area contributed by atoms with E-state index in [-0.39, 0.29) is 49.1 Å². The number of hydrogen-bond donors (Lipinski definition) is 3. The van der Waals surface area contributed by atoms with Crippen LogP contribution < -0.4 is 15.4 Å². The van der Waals surface area contributed by atoms with Gasteiger partial charge in [-0.1, -0.05) is 34.6 Å². The normalized spacial score (nSPS) is 25.8. The molecular weight excluding hydrogens is 601 g/mol. The molecule has 0 unspecified atom stereocenters. The number of piperidine rings is 1. The number of aliphatic imine (C=N–C) groups is 1. The molecule has 1 saturated heterocycles. The van der Waals surface area contributed by atoms with Crippen LogP contribution in [-0.2, 0) is 33.6 Å². The van der Waals surface area contributed by atoms with Gasteiger partial charge in [-0.25, -0.2) is 4.79 Å². The van der Waals surface area contributed by atoms with E-state index >= 15 is 0 Å². The smallest absolute Gasteiger partial charge is 0.452 e. The number of nitrogens with one attached hydrogen (secondary N) is 3. The molecule has 2 aliphatic heterocycles. The van der Waals surface area contributed by atoms with E-state index in [2.05, 4.69) is 15.0 Å². The summed E-state index contributed by atoms with van der Waals surface area (Å²) in [5.74, 6) is -5.35. The highest BCUT2D eigenvalue weighted by Gasteiger charge is 2.70. The summed E-state index contributed by atoms with van der Waals surface area (Å²) < 4.78 is 73.9. The number of alkyl halides is 3. The van der Waals surface area contributed by atoms with Gasteiger partial charge in [0.15, 0.2) is 0 Å². The van der Waals surface area contributed by atoms with E-state index in [0.29, 0.717) is 0 Å². The summed E-state index contributed by atoms with van der Waals surface area (Å²) >= 11 is 0. The number of amides is 4. The molecule has 0 aromatic heterocycles. The van der Waals surface area contributed by atoms with Gasteiger partial charge < -0.3 is 24.5 Å². The average Bonchev–Trinajstić information content (AvgIpc) is 3.24. The summed E-state index contributed by atoms with van der Waals surface area (Å²) in [5, 5.41) is 14.1. The van der Waals surface area contributed by atoms with E-state index in [9.17, 15) is 46.0 Å². The zero-order chi connectivity index (χ0) is 32.7. The van der Waals surface area contributed by atoms with E-state index in [1.807, 2.05) is 19.9 Å². The average molecular weight is 637 g/mol. The van der Waals surface area contributed by atoms with Crippen LogP contribution in [0.5, 0.6) is 0 Å². The van der Waals surface area contributed by atoms with Crippen molar-refractivity contribution in [2.45, 2.75) is 71.8 Å². The molecule has 43 heavy (non-hydrogen) atoms. The lowest BCUT2D eigenvalue weighted by molar-refractivity contribution is -0.176. The van der Waals surface area contributed by atoms with Crippen LogP contribution in [0.1, 0.15) is 47.5 Å². The Hall–Kier alpha value is -3.62. The highest BCUT2D eigenvalue weighted by Crippen LogP contribution is 2.65. The van der Waals surface area contributed by atoms with Crippen molar-refractivity contribution in [1.82, 2.24) is 20.3 Å². The first kappa shape index (κ1) is 33.9. The summed E-state index contributed by atoms with van der Waals surface area (Å²) in [4.78, 5) is 55.4. The van der Waals surface area contributed by atoms with Crippen LogP contribution in [-0.4, -0.2) is 87.5 Å². The van der Waals surface area contributed by atoms with Gasteiger partial charge in [0.2, 0.25) is 17.7 Å². The Labute approximate surface area is 247 Å². The number of methoxy groups -OCH3 is 1. The Bertz CT molecular complexity index is 1340. The lowest BCUT2D eigenvalue weighted by Crippen LogP contribution is -2.61. The second-order valence-electron chi connectivity index (χ2n) is 12.4. The molecule has 4 amide bonds. The SMILES string of the molecule is COC(=O)NS(=O)(=O)OC1=NCC[C@H]1C[C@@H](C#N)NC(=O)[C@@H]1[C@@H]2[C@H](CN1C(=O)[C@@H](NC(=O)C(F)(F)F)C(C)(C)C)C2(C)C. The Morgan fingerprint density at radius 3 is 2.35 bits per heavy atom. The number of carbonyl (C=O) groups excluding carboxylic acids is 4. The van der Waals surface area contributed by atoms with Crippen molar-refractivity contribution < 1.29 is 49.7 Å². The van der Waals surface area contributed by atoms with E-state index < -0.39 is 69.8 Å². The van der Waals surface area contributed by atoms with Gasteiger partial charge in [0.05, 0.1) is 13.2 Å². The van der Waals surface area contributed by atoms with Crippen molar-refractivity contribution in [3.63, 3.8) is 0 Å². The molecule has 0 spiro atoms. The summed E-state index contributed by atoms with van der Waals surface area (Å²) in [7, 11) is -3.68. The van der Waals surface area contributed by atoms with Gasteiger partial charge in [0, 0.05) is 19.0 Å². The van der Waals surface area contributed by atoms with Crippen molar-refractivity contribution in [3.05, 3.63) is 0 Å². The quantitative estimate of drug-likeness (QED) is 0.348. The van der Waals surface area contributed by atoms with Crippen molar-refractivity contribution in [2.24, 2.45) is 33.6 Å². The molecule has 0 aromatic carbocycles. The van der Waals surface area contributed by atoms with Crippen LogP contribution in [0.15, 0.2) is 4.99 Å². The summed E-state index contributed by atoms with van der Waals surface area (Å²) in [6.45, 7) is 8.45. The van der Waals surface area contributed by atoms with Gasteiger partial charge in [0.25, 0.3) is 0 Å². The molecule has 18 heteroatoms. The molecule has 14 nitrogen and oxygen atoms in total. The molecule has 3 aliphatic rings. The van der Waals surface area contributed by atoms with Crippen LogP contribution >= 0.6 is 0 Å². The molecule has 3 rings (SSSR count). The molecule has 0 aromatic rings. The van der Waals surface area contributed by atoms with Gasteiger partial charge in [-0.05, 0) is 35.5 Å². The first-order chi connectivity index (χ1) is 19.6. The van der Waals surface area contributed by atoms with Crippen LogP contribution in [0.25, 0.3) is 0 Å². The summed E-state index contributed by atoms with van der Waals surface area (Å²) in [6.07, 6.45) is -6.37. The third-order valence-electron chi connectivity index (χ3n) is 8.08. The lowest BCUT2D eigenvalue weighted by Gasteiger charge is -2.37. The van der Waals surface area contributed by atoms with Crippen LogP contribution in [0.2, 0.25) is 0 Å². The van der Waals surface area contributed by atoms with Gasteiger partial charge >= 0.3 is 28.5 Å². The molecule has 0 radical (unpaired) electrons. The minimum absolute atomic E-state index is 0.0681. The highest BCUT2D eigenvalue weighted by atomic mass is 32.2. The predicted molar refractivity (Wildman–Crippen MR) is 142 cm³/mol. The van der Waals surface area contributed by atoms with Gasteiger partial charge in [-0.15, -0.1) is 0 Å². The Morgan fingerprint density at radius 1 is 1.19 bits per heavy atom. The number of rotatable bonds is 8. The number of fused-ring (bicyclic) bond motifs is 1. The number of carbonyl (C=O) groups is 4. The number of hydrogen-bond acceptors (Lipinski definition) is 10. The molecule has 6 atom stereocenters. The Kier molecular flexibility index (Phi) is 9.31. The largest absolute Gasteiger partial charge is 0.471 e. The molecule has 0 bridgehead atoms. The summed E-state index contributed by atoms with van der Waals surface area (Å²) in [6, 6.07) is -2.00. The molecule has 2 fully saturated rings. The maximum atomic E-state index is 13.6. The van der Waals surface area contributed by atoms with E-state index in [4.69, 9.17) is 4.18 Å². The molecule has 2 heterocycles. The third-order valence-corrected chi connectivity index (χ3v) is 8.89. The zero-order valence-electron chi connectivity index (χ0n) is 24.4. The first-order valence-electron chi connectivity index (χ1n) is 13.4. The first-order valence-corrected chi connectivity index (χ1v) is 14.8. The second-order valence-corrected chi connectivity index (χ2v) is 13.7. The molecule has 1 aliphatic carbocycles. The van der Waals surface area contributed by atoms with Crippen LogP contribution in [0.4, 0.5) is 18.0 Å². The maximum Gasteiger partial charge on any atom is 0.471 e. The minimum Gasteiger partial charge on any atom is -0.452 e. The second kappa shape index (κ2) is 11.8. The fraction of sp³-hybridized carbons (Fsp3) is 0.760. The molecule has 1 saturated carbocycles. The van der Waals surface area contributed by atoms with Gasteiger partial charge in [-0.2, -0.15) is 31.6 Å². The fourth-order valence-corrected chi connectivity index (χ4v) is 6.44. The molecule has 3 N–H and O–H groups in total. The minimum atomic E-state index is -5.23. The molecular formula is C25H35F3N6O8S. The van der Waals surface area contributed by atoms with Crippen molar-refractivity contribution in [3.8, 4) is 6.07 Å².